The van der Waals surface area contributed by atoms with Gasteiger partial charge in [-0.1, -0.05) is 68.9 Å². The Balaban J connectivity index is 0.000000186. The van der Waals surface area contributed by atoms with Crippen molar-refractivity contribution >= 4 is 23.9 Å². The van der Waals surface area contributed by atoms with Crippen molar-refractivity contribution in [2.75, 3.05) is 6.54 Å². The van der Waals surface area contributed by atoms with Crippen LogP contribution in [0.3, 0.4) is 0 Å². The average Bonchev–Trinajstić information content (AvgIpc) is 3.32. The van der Waals surface area contributed by atoms with E-state index in [-0.39, 0.29) is 18.0 Å². The van der Waals surface area contributed by atoms with Crippen molar-refractivity contribution in [2.24, 2.45) is 5.41 Å². The van der Waals surface area contributed by atoms with Gasteiger partial charge in [-0.3, -0.25) is 14.4 Å². The molecule has 37 heavy (non-hydrogen) atoms. The van der Waals surface area contributed by atoms with Gasteiger partial charge in [0.1, 0.15) is 11.1 Å². The molecule has 0 bridgehead atoms. The molecule has 1 aromatic carbocycles. The van der Waals surface area contributed by atoms with Crippen LogP contribution in [0.5, 0.6) is 0 Å². The summed E-state index contributed by atoms with van der Waals surface area (Å²) < 4.78 is 0. The number of hydrogen-bond acceptors (Lipinski definition) is 5. The second kappa shape index (κ2) is 12.5. The molecule has 8 heteroatoms. The Labute approximate surface area is 219 Å². The number of nitrogens with zero attached hydrogens (tertiary/aromatic N) is 1. The zero-order chi connectivity index (χ0) is 26.9. The van der Waals surface area contributed by atoms with Gasteiger partial charge in [0.15, 0.2) is 0 Å². The third-order valence-electron chi connectivity index (χ3n) is 8.84. The largest absolute Gasteiger partial charge is 0.481 e. The molecule has 2 amide bonds. The molecule has 0 radical (unpaired) electrons. The first-order valence-corrected chi connectivity index (χ1v) is 13.6. The summed E-state index contributed by atoms with van der Waals surface area (Å²) >= 11 is 0. The summed E-state index contributed by atoms with van der Waals surface area (Å²) in [6.45, 7) is 2.66. The fourth-order valence-corrected chi connectivity index (χ4v) is 6.51. The molecule has 1 spiro atoms. The molecule has 1 atom stereocenters. The number of aliphatic carboxylic acids is 1. The molecule has 2 saturated carbocycles. The summed E-state index contributed by atoms with van der Waals surface area (Å²) in [4.78, 5) is 54.5. The van der Waals surface area contributed by atoms with Gasteiger partial charge in [0.05, 0.1) is 5.41 Å². The van der Waals surface area contributed by atoms with Crippen LogP contribution in [0.15, 0.2) is 30.3 Å². The summed E-state index contributed by atoms with van der Waals surface area (Å²) in [7, 11) is 0. The Morgan fingerprint density at radius 2 is 1.49 bits per heavy atom. The summed E-state index contributed by atoms with van der Waals surface area (Å²) in [6.07, 6.45) is 13.7. The highest BCUT2D eigenvalue weighted by Crippen LogP contribution is 2.41. The van der Waals surface area contributed by atoms with E-state index in [2.05, 4.69) is 17.4 Å². The van der Waals surface area contributed by atoms with Crippen LogP contribution in [0.4, 0.5) is 0 Å². The first-order valence-electron chi connectivity index (χ1n) is 13.6. The van der Waals surface area contributed by atoms with E-state index in [1.165, 1.54) is 18.4 Å². The number of amides is 2. The van der Waals surface area contributed by atoms with Crippen LogP contribution in [0.2, 0.25) is 0 Å². The van der Waals surface area contributed by atoms with Crippen LogP contribution in [0.25, 0.3) is 0 Å². The van der Waals surface area contributed by atoms with Crippen LogP contribution >= 0.6 is 0 Å². The van der Waals surface area contributed by atoms with E-state index in [9.17, 15) is 19.5 Å². The molecule has 202 valence electrons. The molecule has 0 aromatic heterocycles. The first kappa shape index (κ1) is 28.6. The number of carbonyl (C=O) groups is 3. The van der Waals surface area contributed by atoms with Gasteiger partial charge in [-0.2, -0.15) is 9.59 Å². The van der Waals surface area contributed by atoms with Crippen LogP contribution in [-0.4, -0.2) is 51.6 Å². The fraction of sp³-hybridized carbons (Fsp3) is 0.655. The molecule has 8 nitrogen and oxygen atoms in total. The zero-order valence-corrected chi connectivity index (χ0v) is 21.9. The van der Waals surface area contributed by atoms with Gasteiger partial charge < -0.3 is 15.3 Å². The number of rotatable bonds is 4. The predicted molar refractivity (Wildman–Crippen MR) is 136 cm³/mol. The lowest BCUT2D eigenvalue weighted by Gasteiger charge is -2.49. The Morgan fingerprint density at radius 1 is 0.919 bits per heavy atom. The van der Waals surface area contributed by atoms with E-state index < -0.39 is 22.5 Å². The van der Waals surface area contributed by atoms with Crippen molar-refractivity contribution in [3.8, 4) is 0 Å². The van der Waals surface area contributed by atoms with E-state index >= 15 is 0 Å². The molecular weight excluding hydrogens is 472 g/mol. The van der Waals surface area contributed by atoms with Crippen molar-refractivity contribution in [2.45, 2.75) is 108 Å². The molecule has 2 aliphatic heterocycles. The topological polar surface area (TPSA) is 121 Å². The number of hydrogen-bond donors (Lipinski definition) is 2. The molecule has 5 rings (SSSR count). The highest BCUT2D eigenvalue weighted by Gasteiger charge is 2.57. The number of aryl methyl sites for hydroxylation is 1. The van der Waals surface area contributed by atoms with Crippen LogP contribution < -0.4 is 5.32 Å². The molecule has 2 saturated heterocycles. The lowest BCUT2D eigenvalue weighted by molar-refractivity contribution is -0.191. The Hall–Kier alpha value is -2.99. The van der Waals surface area contributed by atoms with Crippen LogP contribution in [-0.2, 0) is 30.4 Å². The molecule has 2 N–H and O–H groups in total. The minimum Gasteiger partial charge on any atom is -0.481 e. The minimum absolute atomic E-state index is 0.0662. The van der Waals surface area contributed by atoms with Crippen molar-refractivity contribution in [3.05, 3.63) is 35.9 Å². The standard InChI is InChI=1S/C15H20O2.C13H20N2O2.CO2/c16-14(17)15(10-5-2-6-11-15)12-9-13-7-3-1-4-8-13;1-12-6-5-9-15(12)11(17)13(14-10(12)16)7-3-2-4-8-13;2-1-3/h1,3-4,7-8H,2,5-6,9-12H2,(H,16,17);2-9H2,1H3,(H,14,16);/t;12-;/m.0./s1. The molecule has 2 aliphatic carbocycles. The summed E-state index contributed by atoms with van der Waals surface area (Å²) in [5.41, 5.74) is -0.328. The minimum atomic E-state index is -0.590. The number of fused-ring (bicyclic) bond motifs is 1. The normalized spacial score (nSPS) is 25.4. The Bertz CT molecular complexity index is 975. The fourth-order valence-electron chi connectivity index (χ4n) is 6.51. The molecule has 2 heterocycles. The van der Waals surface area contributed by atoms with Gasteiger partial charge in [0, 0.05) is 6.54 Å². The molecule has 0 unspecified atom stereocenters. The van der Waals surface area contributed by atoms with E-state index in [0.717, 1.165) is 83.6 Å². The molecule has 1 aromatic rings. The van der Waals surface area contributed by atoms with Gasteiger partial charge in [-0.05, 0) is 63.9 Å². The summed E-state index contributed by atoms with van der Waals surface area (Å²) in [5, 5.41) is 12.5. The van der Waals surface area contributed by atoms with Gasteiger partial charge >= 0.3 is 12.1 Å². The van der Waals surface area contributed by atoms with Crippen LogP contribution in [0, 0.1) is 5.41 Å². The second-order valence-corrected chi connectivity index (χ2v) is 11.1. The highest BCUT2D eigenvalue weighted by molar-refractivity contribution is 6.02. The molecular formula is C29H40N2O6. The Kier molecular flexibility index (Phi) is 9.66. The van der Waals surface area contributed by atoms with E-state index in [4.69, 9.17) is 9.59 Å². The maximum absolute atomic E-state index is 12.6. The predicted octanol–water partition coefficient (Wildman–Crippen LogP) is 4.27. The van der Waals surface area contributed by atoms with Crippen LogP contribution in [0.1, 0.15) is 96.0 Å². The summed E-state index contributed by atoms with van der Waals surface area (Å²) in [5.74, 6) is -0.346. The lowest BCUT2D eigenvalue weighted by atomic mass is 9.71. The Morgan fingerprint density at radius 3 is 2.05 bits per heavy atom. The number of nitrogens with one attached hydrogen (secondary N) is 1. The number of carboxylic acids is 1. The quantitative estimate of drug-likeness (QED) is 0.621. The number of benzene rings is 1. The van der Waals surface area contributed by atoms with Gasteiger partial charge in [0.25, 0.3) is 0 Å². The lowest BCUT2D eigenvalue weighted by Crippen LogP contribution is -2.73. The van der Waals surface area contributed by atoms with Gasteiger partial charge in [-0.15, -0.1) is 0 Å². The molecule has 4 aliphatic rings. The van der Waals surface area contributed by atoms with Crippen molar-refractivity contribution < 1.29 is 29.1 Å². The third-order valence-corrected chi connectivity index (χ3v) is 8.84. The van der Waals surface area contributed by atoms with E-state index in [1.807, 2.05) is 30.0 Å². The SMILES string of the molecule is C[C@@]12CCCN1C(=O)C1(CCCCC1)NC2=O.O=C(O)C1(CCc2ccccc2)CCCCC1.O=C=O. The second-order valence-electron chi connectivity index (χ2n) is 11.1. The van der Waals surface area contributed by atoms with Crippen molar-refractivity contribution in [3.63, 3.8) is 0 Å². The van der Waals surface area contributed by atoms with Crippen molar-refractivity contribution in [1.29, 1.82) is 0 Å². The summed E-state index contributed by atoms with van der Waals surface area (Å²) in [6, 6.07) is 10.2. The molecule has 4 fully saturated rings. The average molecular weight is 513 g/mol. The number of piperazine rings is 1. The van der Waals surface area contributed by atoms with Gasteiger partial charge in [0.2, 0.25) is 11.8 Å². The van der Waals surface area contributed by atoms with Gasteiger partial charge in [-0.25, -0.2) is 0 Å². The maximum Gasteiger partial charge on any atom is 0.373 e. The third kappa shape index (κ3) is 6.30. The number of carbonyl (C=O) groups excluding carboxylic acids is 4. The van der Waals surface area contributed by atoms with Crippen molar-refractivity contribution in [1.82, 2.24) is 10.2 Å². The maximum atomic E-state index is 12.6. The zero-order valence-electron chi connectivity index (χ0n) is 21.9. The highest BCUT2D eigenvalue weighted by atomic mass is 16.4. The number of carboxylic acid groups (broad SMARTS) is 1. The van der Waals surface area contributed by atoms with E-state index in [0.29, 0.717) is 0 Å². The smallest absolute Gasteiger partial charge is 0.373 e. The monoisotopic (exact) mass is 512 g/mol. The van der Waals surface area contributed by atoms with E-state index in [1.54, 1.807) is 0 Å². The first-order chi connectivity index (χ1) is 17.7.